The Morgan fingerprint density at radius 2 is 1.56 bits per heavy atom. The molecule has 4 heterocycles. The maximum Gasteiger partial charge on any atom is 0.475 e. The number of aliphatic hydroxyl groups excluding tert-OH is 1. The van der Waals surface area contributed by atoms with Crippen LogP contribution in [0.5, 0.6) is 0 Å². The van der Waals surface area contributed by atoms with Gasteiger partial charge in [0.2, 0.25) is 5.95 Å². The first-order valence-electron chi connectivity index (χ1n) is 14.0. The Bertz CT molecular complexity index is 1420. The first-order chi connectivity index (χ1) is 20.5. The van der Waals surface area contributed by atoms with Gasteiger partial charge in [0.25, 0.3) is 5.56 Å². The molecule has 2 fully saturated rings. The summed E-state index contributed by atoms with van der Waals surface area (Å²) in [4.78, 5) is 61.7. The molecule has 3 N–H and O–H groups in total. The number of amides is 3. The standard InChI is InChI=1S/C26H40N5O13P/c1-24(2,3)41-21(34)30-17-14(27-13-15(32)16-12(40-19(13)30)11-39-45(37,38-10)44-16)18(33)29-20(28-17)31(22(35)42-25(4,5)6)23(36)43-26(7,8)9/h12-13,15-16,19,27,32H,11H2,1-10H3,(H,28,29,33)/t12-,13+,15+,16+,19-,45?/m1/s1. The van der Waals surface area contributed by atoms with Gasteiger partial charge in [-0.3, -0.25) is 23.3 Å². The van der Waals surface area contributed by atoms with Gasteiger partial charge in [-0.15, -0.1) is 4.90 Å². The van der Waals surface area contributed by atoms with Crippen LogP contribution in [0.15, 0.2) is 4.79 Å². The van der Waals surface area contributed by atoms with Crippen LogP contribution < -0.4 is 20.7 Å². The molecule has 252 valence electrons. The topological polar surface area (TPSA) is 217 Å². The van der Waals surface area contributed by atoms with E-state index in [9.17, 15) is 28.8 Å². The number of phosphoric acid groups is 1. The van der Waals surface area contributed by atoms with Crippen LogP contribution in [0.25, 0.3) is 0 Å². The van der Waals surface area contributed by atoms with Crippen molar-refractivity contribution in [2.45, 2.75) is 110 Å². The summed E-state index contributed by atoms with van der Waals surface area (Å²) in [5.74, 6) is -1.05. The highest BCUT2D eigenvalue weighted by Crippen LogP contribution is 2.55. The summed E-state index contributed by atoms with van der Waals surface area (Å²) < 4.78 is 50.6. The number of H-pyrrole nitrogens is 1. The zero-order chi connectivity index (χ0) is 33.9. The Morgan fingerprint density at radius 1 is 1.00 bits per heavy atom. The first kappa shape index (κ1) is 34.6. The molecule has 1 aromatic rings. The van der Waals surface area contributed by atoms with Crippen LogP contribution >= 0.6 is 7.82 Å². The van der Waals surface area contributed by atoms with Crippen LogP contribution in [0.2, 0.25) is 0 Å². The van der Waals surface area contributed by atoms with Crippen molar-refractivity contribution in [3.8, 4) is 0 Å². The van der Waals surface area contributed by atoms with Gasteiger partial charge in [-0.05, 0) is 62.3 Å². The summed E-state index contributed by atoms with van der Waals surface area (Å²) in [5, 5.41) is 14.2. The van der Waals surface area contributed by atoms with Crippen molar-refractivity contribution in [3.05, 3.63) is 10.4 Å². The van der Waals surface area contributed by atoms with Crippen molar-refractivity contribution >= 4 is 43.6 Å². The molecule has 0 aliphatic carbocycles. The highest BCUT2D eigenvalue weighted by Gasteiger charge is 2.57. The maximum absolute atomic E-state index is 13.7. The Hall–Kier alpha value is -3.28. The SMILES string of the molecule is COP1(=O)OC[C@H]2O[C@@H]3[C@@H](Nc4c(nc(N(C(=O)OC(C)(C)C)C(=O)OC(C)(C)C)[nH]c4=O)N3C(=O)OC(C)(C)C)[C@H](O)[C@H]2O1. The van der Waals surface area contributed by atoms with Crippen LogP contribution in [0.4, 0.5) is 31.8 Å². The molecule has 2 saturated heterocycles. The molecular formula is C26H40N5O13P. The quantitative estimate of drug-likeness (QED) is 0.306. The van der Waals surface area contributed by atoms with E-state index in [1.807, 2.05) is 0 Å². The second-order valence-corrected chi connectivity index (χ2v) is 15.2. The van der Waals surface area contributed by atoms with E-state index in [1.54, 1.807) is 62.3 Å². The van der Waals surface area contributed by atoms with Crippen molar-refractivity contribution in [2.24, 2.45) is 0 Å². The molecule has 18 nitrogen and oxygen atoms in total. The molecule has 0 saturated carbocycles. The highest BCUT2D eigenvalue weighted by molar-refractivity contribution is 7.48. The molecule has 0 bridgehead atoms. The van der Waals surface area contributed by atoms with Crippen LogP contribution in [0.3, 0.4) is 0 Å². The molecule has 45 heavy (non-hydrogen) atoms. The van der Waals surface area contributed by atoms with Gasteiger partial charge in [0, 0.05) is 7.11 Å². The number of nitrogens with one attached hydrogen (secondary N) is 2. The fraction of sp³-hybridized carbons (Fsp3) is 0.731. The summed E-state index contributed by atoms with van der Waals surface area (Å²) >= 11 is 0. The van der Waals surface area contributed by atoms with E-state index < -0.39 is 90.8 Å². The van der Waals surface area contributed by atoms with E-state index in [0.717, 1.165) is 12.0 Å². The van der Waals surface area contributed by atoms with E-state index in [0.29, 0.717) is 4.90 Å². The number of aliphatic hydroxyl groups is 1. The third-order valence-electron chi connectivity index (χ3n) is 6.20. The van der Waals surface area contributed by atoms with Crippen LogP contribution in [0.1, 0.15) is 62.3 Å². The minimum atomic E-state index is -4.02. The number of fused-ring (bicyclic) bond motifs is 3. The molecular weight excluding hydrogens is 621 g/mol. The van der Waals surface area contributed by atoms with Gasteiger partial charge in [-0.2, -0.15) is 4.98 Å². The number of hydrogen-bond acceptors (Lipinski definition) is 15. The summed E-state index contributed by atoms with van der Waals surface area (Å²) in [6, 6.07) is -1.25. The summed E-state index contributed by atoms with van der Waals surface area (Å²) in [6.07, 6.45) is -8.74. The predicted octanol–water partition coefficient (Wildman–Crippen LogP) is 3.24. The fourth-order valence-corrected chi connectivity index (χ4v) is 5.67. The monoisotopic (exact) mass is 661 g/mol. The number of ether oxygens (including phenoxy) is 4. The summed E-state index contributed by atoms with van der Waals surface area (Å²) in [6.45, 7) is 13.9. The molecule has 3 aliphatic rings. The molecule has 6 atom stereocenters. The van der Waals surface area contributed by atoms with Gasteiger partial charge in [0.15, 0.2) is 12.0 Å². The molecule has 3 amide bonds. The second kappa shape index (κ2) is 11.8. The number of nitrogens with zero attached hydrogens (tertiary/aromatic N) is 3. The summed E-state index contributed by atoms with van der Waals surface area (Å²) in [7, 11) is -2.91. The highest BCUT2D eigenvalue weighted by atomic mass is 31.2. The Morgan fingerprint density at radius 3 is 2.07 bits per heavy atom. The van der Waals surface area contributed by atoms with E-state index in [2.05, 4.69) is 15.3 Å². The fourth-order valence-electron chi connectivity index (χ4n) is 4.53. The maximum atomic E-state index is 13.7. The van der Waals surface area contributed by atoms with Crippen molar-refractivity contribution in [2.75, 3.05) is 28.8 Å². The Labute approximate surface area is 259 Å². The Balaban J connectivity index is 1.85. The molecule has 1 aromatic heterocycles. The van der Waals surface area contributed by atoms with Gasteiger partial charge < -0.3 is 29.4 Å². The van der Waals surface area contributed by atoms with Crippen LogP contribution in [-0.2, 0) is 37.1 Å². The number of aromatic amines is 1. The number of aromatic nitrogens is 2. The van der Waals surface area contributed by atoms with E-state index in [4.69, 9.17) is 32.5 Å². The van der Waals surface area contributed by atoms with Gasteiger partial charge >= 0.3 is 26.1 Å². The minimum absolute atomic E-state index is 0.343. The molecule has 0 radical (unpaired) electrons. The van der Waals surface area contributed by atoms with E-state index in [-0.39, 0.29) is 12.3 Å². The number of hydrogen-bond donors (Lipinski definition) is 3. The number of imide groups is 1. The molecule has 4 rings (SSSR count). The largest absolute Gasteiger partial charge is 0.475 e. The van der Waals surface area contributed by atoms with Gasteiger partial charge in [0.1, 0.15) is 46.8 Å². The third-order valence-corrected chi connectivity index (χ3v) is 7.61. The molecule has 0 aromatic carbocycles. The number of rotatable bonds is 2. The number of phosphoric ester groups is 1. The normalized spacial score (nSPS) is 28.1. The van der Waals surface area contributed by atoms with Crippen molar-refractivity contribution in [1.29, 1.82) is 0 Å². The molecule has 3 aliphatic heterocycles. The Kier molecular flexibility index (Phi) is 9.09. The molecule has 19 heteroatoms. The van der Waals surface area contributed by atoms with Crippen molar-refractivity contribution < 1.29 is 56.6 Å². The number of carbonyl (C=O) groups is 3. The van der Waals surface area contributed by atoms with Gasteiger partial charge in [0.05, 0.1) is 6.61 Å². The average Bonchev–Trinajstić information content (AvgIpc) is 2.85. The minimum Gasteiger partial charge on any atom is -0.443 e. The third kappa shape index (κ3) is 7.58. The zero-order valence-electron chi connectivity index (χ0n) is 26.7. The van der Waals surface area contributed by atoms with Crippen LogP contribution in [-0.4, -0.2) is 94.5 Å². The lowest BCUT2D eigenvalue weighted by atomic mass is 9.94. The first-order valence-corrected chi connectivity index (χ1v) is 15.5. The van der Waals surface area contributed by atoms with Crippen molar-refractivity contribution in [1.82, 2.24) is 9.97 Å². The summed E-state index contributed by atoms with van der Waals surface area (Å²) in [5.41, 5.74) is -4.48. The van der Waals surface area contributed by atoms with Crippen molar-refractivity contribution in [3.63, 3.8) is 0 Å². The number of carbonyl (C=O) groups excluding carboxylic acids is 3. The predicted molar refractivity (Wildman–Crippen MR) is 156 cm³/mol. The van der Waals surface area contributed by atoms with Gasteiger partial charge in [-0.1, -0.05) is 0 Å². The lowest BCUT2D eigenvalue weighted by Crippen LogP contribution is -2.70. The zero-order valence-corrected chi connectivity index (χ0v) is 27.6. The van der Waals surface area contributed by atoms with E-state index >= 15 is 0 Å². The van der Waals surface area contributed by atoms with Crippen LogP contribution in [0, 0.1) is 0 Å². The van der Waals surface area contributed by atoms with E-state index in [1.165, 1.54) is 0 Å². The lowest BCUT2D eigenvalue weighted by molar-refractivity contribution is -0.198. The average molecular weight is 662 g/mol. The van der Waals surface area contributed by atoms with Gasteiger partial charge in [-0.25, -0.2) is 23.8 Å². The lowest BCUT2D eigenvalue weighted by Gasteiger charge is -2.51. The second-order valence-electron chi connectivity index (χ2n) is 13.5. The molecule has 1 unspecified atom stereocenters. The number of anilines is 3. The smallest absolute Gasteiger partial charge is 0.443 e. The molecule has 0 spiro atoms.